The molecule has 0 amide bonds. The van der Waals surface area contributed by atoms with Crippen LogP contribution in [0.5, 0.6) is 0 Å². The third-order valence-electron chi connectivity index (χ3n) is 3.21. The van der Waals surface area contributed by atoms with Crippen LogP contribution in [0, 0.1) is 5.92 Å². The van der Waals surface area contributed by atoms with Gasteiger partial charge in [0, 0.05) is 7.05 Å². The quantitative estimate of drug-likeness (QED) is 0.788. The Morgan fingerprint density at radius 3 is 2.71 bits per heavy atom. The lowest BCUT2D eigenvalue weighted by Crippen LogP contribution is -2.26. The lowest BCUT2D eigenvalue weighted by Gasteiger charge is -2.21. The standard InChI is InChI=1S/C10H18N4/c1-11-9(8-5-3-4-6-8)10-13-12-7-14(10)2/h7-9,11H,3-6H2,1-2H3. The molecular formula is C10H18N4. The molecule has 0 aromatic carbocycles. The molecule has 78 valence electrons. The van der Waals surface area contributed by atoms with Crippen LogP contribution >= 0.6 is 0 Å². The molecule has 14 heavy (non-hydrogen) atoms. The van der Waals surface area contributed by atoms with Crippen LogP contribution < -0.4 is 5.32 Å². The molecule has 1 N–H and O–H groups in total. The number of aromatic nitrogens is 3. The van der Waals surface area contributed by atoms with Crippen molar-refractivity contribution in [3.8, 4) is 0 Å². The Morgan fingerprint density at radius 1 is 1.50 bits per heavy atom. The number of nitrogens with zero attached hydrogens (tertiary/aromatic N) is 3. The highest BCUT2D eigenvalue weighted by atomic mass is 15.3. The number of hydrogen-bond donors (Lipinski definition) is 1. The maximum absolute atomic E-state index is 4.18. The van der Waals surface area contributed by atoms with Gasteiger partial charge in [0.1, 0.15) is 12.2 Å². The lowest BCUT2D eigenvalue weighted by molar-refractivity contribution is 0.366. The van der Waals surface area contributed by atoms with Gasteiger partial charge >= 0.3 is 0 Å². The van der Waals surface area contributed by atoms with Crippen molar-refractivity contribution in [1.29, 1.82) is 0 Å². The average molecular weight is 194 g/mol. The fourth-order valence-electron chi connectivity index (χ4n) is 2.44. The van der Waals surface area contributed by atoms with E-state index in [-0.39, 0.29) is 0 Å². The number of hydrogen-bond acceptors (Lipinski definition) is 3. The summed E-state index contributed by atoms with van der Waals surface area (Å²) in [5, 5.41) is 11.5. The summed E-state index contributed by atoms with van der Waals surface area (Å²) < 4.78 is 2.01. The fraction of sp³-hybridized carbons (Fsp3) is 0.800. The third kappa shape index (κ3) is 1.66. The molecule has 4 nitrogen and oxygen atoms in total. The topological polar surface area (TPSA) is 42.7 Å². The van der Waals surface area contributed by atoms with Gasteiger partial charge in [-0.25, -0.2) is 0 Å². The Morgan fingerprint density at radius 2 is 2.21 bits per heavy atom. The zero-order valence-electron chi connectivity index (χ0n) is 8.90. The second-order valence-corrected chi connectivity index (χ2v) is 4.11. The maximum Gasteiger partial charge on any atom is 0.149 e. The summed E-state index contributed by atoms with van der Waals surface area (Å²) >= 11 is 0. The van der Waals surface area contributed by atoms with Crippen molar-refractivity contribution in [3.63, 3.8) is 0 Å². The molecule has 1 aliphatic rings. The van der Waals surface area contributed by atoms with Crippen molar-refractivity contribution in [2.45, 2.75) is 31.7 Å². The van der Waals surface area contributed by atoms with Crippen LogP contribution in [0.2, 0.25) is 0 Å². The van der Waals surface area contributed by atoms with Crippen LogP contribution in [0.15, 0.2) is 6.33 Å². The monoisotopic (exact) mass is 194 g/mol. The van der Waals surface area contributed by atoms with Gasteiger partial charge in [0.05, 0.1) is 6.04 Å². The molecule has 1 aromatic heterocycles. The number of nitrogens with one attached hydrogen (secondary N) is 1. The highest BCUT2D eigenvalue weighted by Crippen LogP contribution is 2.34. The number of rotatable bonds is 3. The van der Waals surface area contributed by atoms with E-state index in [0.717, 1.165) is 11.7 Å². The minimum atomic E-state index is 0.380. The van der Waals surface area contributed by atoms with E-state index in [2.05, 4.69) is 15.5 Å². The third-order valence-corrected chi connectivity index (χ3v) is 3.21. The van der Waals surface area contributed by atoms with Crippen molar-refractivity contribution in [2.24, 2.45) is 13.0 Å². The molecule has 1 aromatic rings. The second-order valence-electron chi connectivity index (χ2n) is 4.11. The summed E-state index contributed by atoms with van der Waals surface area (Å²) in [6.45, 7) is 0. The lowest BCUT2D eigenvalue weighted by atomic mass is 9.97. The van der Waals surface area contributed by atoms with Crippen molar-refractivity contribution >= 4 is 0 Å². The Balaban J connectivity index is 2.16. The van der Waals surface area contributed by atoms with Gasteiger partial charge in [-0.05, 0) is 25.8 Å². The Labute approximate surface area is 84.7 Å². The van der Waals surface area contributed by atoms with E-state index in [1.165, 1.54) is 25.7 Å². The van der Waals surface area contributed by atoms with Crippen LogP contribution in [0.1, 0.15) is 37.5 Å². The molecule has 1 saturated carbocycles. The summed E-state index contributed by atoms with van der Waals surface area (Å²) in [5.41, 5.74) is 0. The van der Waals surface area contributed by atoms with E-state index in [4.69, 9.17) is 0 Å². The first kappa shape index (κ1) is 9.65. The van der Waals surface area contributed by atoms with Crippen LogP contribution in [0.25, 0.3) is 0 Å². The normalized spacial score (nSPS) is 20.1. The summed E-state index contributed by atoms with van der Waals surface area (Å²) in [6.07, 6.45) is 7.13. The minimum Gasteiger partial charge on any atom is -0.319 e. The molecule has 1 fully saturated rings. The molecule has 0 radical (unpaired) electrons. The van der Waals surface area contributed by atoms with Gasteiger partial charge in [0.2, 0.25) is 0 Å². The summed E-state index contributed by atoms with van der Waals surface area (Å²) in [6, 6.07) is 0.380. The highest BCUT2D eigenvalue weighted by Gasteiger charge is 2.27. The summed E-state index contributed by atoms with van der Waals surface area (Å²) in [5.74, 6) is 1.81. The minimum absolute atomic E-state index is 0.380. The van der Waals surface area contributed by atoms with E-state index in [1.807, 2.05) is 18.7 Å². The molecule has 1 atom stereocenters. The molecule has 1 unspecified atom stereocenters. The van der Waals surface area contributed by atoms with Crippen molar-refractivity contribution in [1.82, 2.24) is 20.1 Å². The number of aryl methyl sites for hydroxylation is 1. The first-order valence-corrected chi connectivity index (χ1v) is 5.34. The molecule has 0 aliphatic heterocycles. The maximum atomic E-state index is 4.18. The van der Waals surface area contributed by atoms with E-state index < -0.39 is 0 Å². The van der Waals surface area contributed by atoms with Crippen LogP contribution in [0.4, 0.5) is 0 Å². The Hall–Kier alpha value is -0.900. The van der Waals surface area contributed by atoms with Crippen LogP contribution in [0.3, 0.4) is 0 Å². The predicted octanol–water partition coefficient (Wildman–Crippen LogP) is 1.27. The second kappa shape index (κ2) is 4.09. The summed E-state index contributed by atoms with van der Waals surface area (Å²) in [4.78, 5) is 0. The van der Waals surface area contributed by atoms with Gasteiger partial charge in [-0.2, -0.15) is 0 Å². The zero-order chi connectivity index (χ0) is 9.97. The van der Waals surface area contributed by atoms with E-state index in [1.54, 1.807) is 6.33 Å². The van der Waals surface area contributed by atoms with Gasteiger partial charge in [-0.1, -0.05) is 12.8 Å². The SMILES string of the molecule is CNC(c1nncn1C)C1CCCC1. The molecule has 1 aliphatic carbocycles. The first-order chi connectivity index (χ1) is 6.83. The smallest absolute Gasteiger partial charge is 0.149 e. The van der Waals surface area contributed by atoms with Gasteiger partial charge < -0.3 is 9.88 Å². The van der Waals surface area contributed by atoms with E-state index in [9.17, 15) is 0 Å². The fourth-order valence-corrected chi connectivity index (χ4v) is 2.44. The molecule has 1 heterocycles. The molecule has 4 heteroatoms. The van der Waals surface area contributed by atoms with E-state index >= 15 is 0 Å². The first-order valence-electron chi connectivity index (χ1n) is 5.34. The molecule has 0 spiro atoms. The van der Waals surface area contributed by atoms with Gasteiger partial charge in [-0.15, -0.1) is 10.2 Å². The molecular weight excluding hydrogens is 176 g/mol. The molecule has 2 rings (SSSR count). The zero-order valence-corrected chi connectivity index (χ0v) is 8.90. The Kier molecular flexibility index (Phi) is 2.82. The Bertz CT molecular complexity index is 288. The van der Waals surface area contributed by atoms with Gasteiger partial charge in [0.15, 0.2) is 0 Å². The largest absolute Gasteiger partial charge is 0.319 e. The summed E-state index contributed by atoms with van der Waals surface area (Å²) in [7, 11) is 4.02. The molecule has 0 saturated heterocycles. The van der Waals surface area contributed by atoms with Crippen LogP contribution in [-0.2, 0) is 7.05 Å². The van der Waals surface area contributed by atoms with E-state index in [0.29, 0.717) is 6.04 Å². The average Bonchev–Trinajstić information content (AvgIpc) is 2.80. The van der Waals surface area contributed by atoms with Crippen molar-refractivity contribution in [2.75, 3.05) is 7.05 Å². The van der Waals surface area contributed by atoms with Gasteiger partial charge in [-0.3, -0.25) is 0 Å². The van der Waals surface area contributed by atoms with Gasteiger partial charge in [0.25, 0.3) is 0 Å². The predicted molar refractivity (Wildman–Crippen MR) is 54.8 cm³/mol. The van der Waals surface area contributed by atoms with Crippen molar-refractivity contribution < 1.29 is 0 Å². The molecule has 0 bridgehead atoms. The highest BCUT2D eigenvalue weighted by molar-refractivity contribution is 4.98. The van der Waals surface area contributed by atoms with Crippen LogP contribution in [-0.4, -0.2) is 21.8 Å². The van der Waals surface area contributed by atoms with Crippen molar-refractivity contribution in [3.05, 3.63) is 12.2 Å².